The van der Waals surface area contributed by atoms with Crippen LogP contribution in [0.2, 0.25) is 5.02 Å². The Morgan fingerprint density at radius 2 is 1.73 bits per heavy atom. The third-order valence-electron chi connectivity index (χ3n) is 6.71. The van der Waals surface area contributed by atoms with Gasteiger partial charge in [0.25, 0.3) is 11.8 Å². The first-order valence-electron chi connectivity index (χ1n) is 12.3. The number of aryl methyl sites for hydroxylation is 2. The average molecular weight is 667 g/mol. The van der Waals surface area contributed by atoms with Gasteiger partial charge in [0, 0.05) is 10.6 Å². The van der Waals surface area contributed by atoms with E-state index in [1.807, 2.05) is 19.1 Å². The molecular weight excluding hydrogens is 643 g/mol. The van der Waals surface area contributed by atoms with Crippen molar-refractivity contribution in [2.45, 2.75) is 20.5 Å². The van der Waals surface area contributed by atoms with E-state index < -0.39 is 17.8 Å². The summed E-state index contributed by atoms with van der Waals surface area (Å²) in [5, 5.41) is 4.85. The second-order valence-electron chi connectivity index (χ2n) is 9.29. The van der Waals surface area contributed by atoms with E-state index in [1.165, 1.54) is 19.3 Å². The van der Waals surface area contributed by atoms with Gasteiger partial charge in [-0.15, -0.1) is 0 Å². The minimum absolute atomic E-state index is 0.197. The van der Waals surface area contributed by atoms with E-state index in [0.29, 0.717) is 39.9 Å². The Morgan fingerprint density at radius 1 is 0.975 bits per heavy atom. The lowest BCUT2D eigenvalue weighted by molar-refractivity contribution is -0.122. The molecule has 7 nitrogen and oxygen atoms in total. The van der Waals surface area contributed by atoms with E-state index in [2.05, 4.69) is 52.2 Å². The number of methoxy groups -OCH3 is 1. The maximum atomic E-state index is 13.4. The van der Waals surface area contributed by atoms with Crippen molar-refractivity contribution in [1.29, 1.82) is 0 Å². The molecule has 5 rings (SSSR count). The Bertz CT molecular complexity index is 1730. The summed E-state index contributed by atoms with van der Waals surface area (Å²) in [6, 6.07) is 19.8. The number of hydrogen-bond acceptors (Lipinski definition) is 5. The van der Waals surface area contributed by atoms with E-state index >= 15 is 0 Å². The zero-order valence-corrected chi connectivity index (χ0v) is 24.8. The summed E-state index contributed by atoms with van der Waals surface area (Å²) in [6.45, 7) is 4.13. The number of carbonyl (C=O) groups is 3. The molecule has 0 saturated carbocycles. The van der Waals surface area contributed by atoms with Crippen molar-refractivity contribution in [3.05, 3.63) is 103 Å². The highest BCUT2D eigenvalue weighted by atomic mass is 127. The summed E-state index contributed by atoms with van der Waals surface area (Å²) in [5.74, 6) is -0.547. The fourth-order valence-electron chi connectivity index (χ4n) is 4.61. The molecule has 0 aromatic heterocycles. The lowest BCUT2D eigenvalue weighted by Gasteiger charge is -2.27. The minimum atomic E-state index is -0.836. The largest absolute Gasteiger partial charge is 0.493 e. The highest BCUT2D eigenvalue weighted by Crippen LogP contribution is 2.36. The first-order valence-corrected chi connectivity index (χ1v) is 13.8. The molecule has 0 spiro atoms. The van der Waals surface area contributed by atoms with Crippen LogP contribution in [-0.2, 0) is 16.2 Å². The Balaban J connectivity index is 1.47. The quantitative estimate of drug-likeness (QED) is 0.137. The minimum Gasteiger partial charge on any atom is -0.493 e. The molecule has 1 heterocycles. The molecule has 4 aromatic carbocycles. The third-order valence-corrected chi connectivity index (χ3v) is 7.75. The Hall–Kier alpha value is -3.89. The summed E-state index contributed by atoms with van der Waals surface area (Å²) in [5.41, 5.74) is 3.48. The number of urea groups is 1. The number of imide groups is 2. The predicted molar refractivity (Wildman–Crippen MR) is 164 cm³/mol. The van der Waals surface area contributed by atoms with Crippen LogP contribution in [0.1, 0.15) is 22.3 Å². The van der Waals surface area contributed by atoms with E-state index in [4.69, 9.17) is 21.1 Å². The number of hydrogen-bond donors (Lipinski definition) is 1. The average Bonchev–Trinajstić information content (AvgIpc) is 2.92. The molecule has 0 bridgehead atoms. The van der Waals surface area contributed by atoms with Gasteiger partial charge in [0.05, 0.1) is 16.4 Å². The number of amides is 4. The van der Waals surface area contributed by atoms with Crippen molar-refractivity contribution in [3.8, 4) is 11.5 Å². The van der Waals surface area contributed by atoms with Crippen molar-refractivity contribution >= 4 is 74.6 Å². The summed E-state index contributed by atoms with van der Waals surface area (Å²) >= 11 is 8.25. The van der Waals surface area contributed by atoms with Crippen molar-refractivity contribution in [1.82, 2.24) is 5.32 Å². The topological polar surface area (TPSA) is 84.9 Å². The molecular formula is C31H24ClIN2O5. The zero-order chi connectivity index (χ0) is 28.6. The van der Waals surface area contributed by atoms with Crippen molar-refractivity contribution in [3.63, 3.8) is 0 Å². The lowest BCUT2D eigenvalue weighted by atomic mass is 10.0. The van der Waals surface area contributed by atoms with Gasteiger partial charge in [0.15, 0.2) is 11.5 Å². The highest BCUT2D eigenvalue weighted by molar-refractivity contribution is 14.1. The maximum Gasteiger partial charge on any atom is 0.335 e. The van der Waals surface area contributed by atoms with E-state index in [9.17, 15) is 14.4 Å². The summed E-state index contributed by atoms with van der Waals surface area (Å²) in [7, 11) is 1.53. The number of benzene rings is 4. The summed E-state index contributed by atoms with van der Waals surface area (Å²) in [6.07, 6.45) is 1.43. The monoisotopic (exact) mass is 666 g/mol. The van der Waals surface area contributed by atoms with Crippen LogP contribution in [0.25, 0.3) is 16.8 Å². The molecule has 0 aliphatic carbocycles. The molecule has 1 N–H and O–H groups in total. The molecule has 4 aromatic rings. The molecule has 1 saturated heterocycles. The van der Waals surface area contributed by atoms with Crippen molar-refractivity contribution in [2.75, 3.05) is 12.0 Å². The fraction of sp³-hybridized carbons (Fsp3) is 0.129. The SMILES string of the molecule is COc1cc(/C=C2\C(=O)NC(=O)N(c3cc(Cl)ccc3C)C2=O)cc(I)c1OCc1c(C)ccc2ccccc12. The standard InChI is InChI=1S/C31H24ClIN2O5/c1-17-8-10-20-6-4-5-7-22(20)24(17)16-40-28-25(33)13-19(14-27(28)39-3)12-23-29(36)34-31(38)35(30(23)37)26-15-21(32)11-9-18(26)2/h4-15H,16H2,1-3H3,(H,34,36,38)/b23-12+. The van der Waals surface area contributed by atoms with Gasteiger partial charge in [-0.2, -0.15) is 0 Å². The Morgan fingerprint density at radius 3 is 2.50 bits per heavy atom. The maximum absolute atomic E-state index is 13.4. The fourth-order valence-corrected chi connectivity index (χ4v) is 5.56. The number of anilines is 1. The molecule has 4 amide bonds. The van der Waals surface area contributed by atoms with Crippen molar-refractivity contribution in [2.24, 2.45) is 0 Å². The number of nitrogens with one attached hydrogen (secondary N) is 1. The van der Waals surface area contributed by atoms with Crippen LogP contribution in [0.4, 0.5) is 10.5 Å². The number of barbiturate groups is 1. The van der Waals surface area contributed by atoms with Crippen LogP contribution < -0.4 is 19.7 Å². The number of carbonyl (C=O) groups excluding carboxylic acids is 3. The number of nitrogens with zero attached hydrogens (tertiary/aromatic N) is 1. The molecule has 202 valence electrons. The lowest BCUT2D eigenvalue weighted by Crippen LogP contribution is -2.54. The van der Waals surface area contributed by atoms with Gasteiger partial charge >= 0.3 is 6.03 Å². The van der Waals surface area contributed by atoms with Gasteiger partial charge < -0.3 is 9.47 Å². The van der Waals surface area contributed by atoms with Gasteiger partial charge in [0.1, 0.15) is 12.2 Å². The second-order valence-corrected chi connectivity index (χ2v) is 10.9. The Kier molecular flexibility index (Phi) is 7.82. The smallest absolute Gasteiger partial charge is 0.335 e. The van der Waals surface area contributed by atoms with Gasteiger partial charge in [-0.25, -0.2) is 9.69 Å². The normalized spacial score (nSPS) is 14.6. The molecule has 9 heteroatoms. The predicted octanol–water partition coefficient (Wildman–Crippen LogP) is 6.97. The van der Waals surface area contributed by atoms with Crippen LogP contribution >= 0.6 is 34.2 Å². The molecule has 1 fully saturated rings. The number of rotatable bonds is 6. The molecule has 0 radical (unpaired) electrons. The van der Waals surface area contributed by atoms with Crippen LogP contribution in [0.3, 0.4) is 0 Å². The first kappa shape index (κ1) is 27.7. The molecule has 40 heavy (non-hydrogen) atoms. The molecule has 0 unspecified atom stereocenters. The zero-order valence-electron chi connectivity index (χ0n) is 21.9. The highest BCUT2D eigenvalue weighted by Gasteiger charge is 2.37. The van der Waals surface area contributed by atoms with Crippen LogP contribution in [0.15, 0.2) is 72.3 Å². The Labute approximate surface area is 249 Å². The number of fused-ring (bicyclic) bond motifs is 1. The van der Waals surface area contributed by atoms with Gasteiger partial charge in [-0.3, -0.25) is 14.9 Å². The molecule has 1 aliphatic heterocycles. The van der Waals surface area contributed by atoms with Crippen molar-refractivity contribution < 1.29 is 23.9 Å². The van der Waals surface area contributed by atoms with Gasteiger partial charge in [-0.05, 0) is 94.2 Å². The van der Waals surface area contributed by atoms with Gasteiger partial charge in [0.2, 0.25) is 0 Å². The third kappa shape index (κ3) is 5.29. The van der Waals surface area contributed by atoms with E-state index in [0.717, 1.165) is 30.4 Å². The van der Waals surface area contributed by atoms with Crippen LogP contribution in [0.5, 0.6) is 11.5 Å². The van der Waals surface area contributed by atoms with Crippen LogP contribution in [-0.4, -0.2) is 25.0 Å². The second kappa shape index (κ2) is 11.3. The summed E-state index contributed by atoms with van der Waals surface area (Å²) in [4.78, 5) is 39.7. The van der Waals surface area contributed by atoms with E-state index in [-0.39, 0.29) is 5.57 Å². The number of halogens is 2. The van der Waals surface area contributed by atoms with Gasteiger partial charge in [-0.1, -0.05) is 54.1 Å². The molecule has 1 aliphatic rings. The first-order chi connectivity index (χ1) is 19.2. The van der Waals surface area contributed by atoms with Crippen LogP contribution in [0, 0.1) is 17.4 Å². The summed E-state index contributed by atoms with van der Waals surface area (Å²) < 4.78 is 12.6. The molecule has 0 atom stereocenters. The number of ether oxygens (including phenoxy) is 2. The van der Waals surface area contributed by atoms with E-state index in [1.54, 1.807) is 31.2 Å².